The highest BCUT2D eigenvalue weighted by Crippen LogP contribution is 2.62. The van der Waals surface area contributed by atoms with Crippen molar-refractivity contribution >= 4 is 17.5 Å². The lowest BCUT2D eigenvalue weighted by Crippen LogP contribution is -2.50. The van der Waals surface area contributed by atoms with Crippen LogP contribution in [0.5, 0.6) is 0 Å². The molecule has 0 aromatic heterocycles. The standard InChI is InChI=1S/C23H31NO4/c1-14-6-5-7-19-22(14,3)9-8-15(2)23(19,4)12-16-10-17(25)11-18(21(16)28)24-13-20(26)27/h6,10-11,15,19,24H,5,7-9,12-13H2,1-4H3,(H,26,27)/t15-,19+,22+,23+/m0/s1. The summed E-state index contributed by atoms with van der Waals surface area (Å²) in [6, 6.07) is 0. The summed E-state index contributed by atoms with van der Waals surface area (Å²) in [5.41, 5.74) is 2.11. The summed E-state index contributed by atoms with van der Waals surface area (Å²) in [6.07, 6.45) is 9.99. The normalized spacial score (nSPS) is 35.5. The van der Waals surface area contributed by atoms with Gasteiger partial charge in [0, 0.05) is 11.6 Å². The van der Waals surface area contributed by atoms with Crippen molar-refractivity contribution in [2.45, 2.75) is 59.8 Å². The molecule has 0 aliphatic heterocycles. The SMILES string of the molecule is CC1=CCC[C@H]2[C@](C)(CC3=CC(=O)C=C(NCC(=O)O)C3=O)[C@@H](C)CC[C@]12C. The van der Waals surface area contributed by atoms with Gasteiger partial charge < -0.3 is 10.4 Å². The number of allylic oxidation sites excluding steroid dienone is 5. The summed E-state index contributed by atoms with van der Waals surface area (Å²) >= 11 is 0. The number of carboxylic acid groups (broad SMARTS) is 1. The summed E-state index contributed by atoms with van der Waals surface area (Å²) in [4.78, 5) is 36.0. The first-order valence-electron chi connectivity index (χ1n) is 10.2. The Morgan fingerprint density at radius 2 is 1.96 bits per heavy atom. The van der Waals surface area contributed by atoms with E-state index in [1.165, 1.54) is 17.7 Å². The summed E-state index contributed by atoms with van der Waals surface area (Å²) in [7, 11) is 0. The van der Waals surface area contributed by atoms with E-state index in [4.69, 9.17) is 5.11 Å². The number of hydrogen-bond donors (Lipinski definition) is 2. The molecule has 0 aromatic carbocycles. The van der Waals surface area contributed by atoms with Crippen LogP contribution in [0.3, 0.4) is 0 Å². The minimum atomic E-state index is -1.06. The largest absolute Gasteiger partial charge is 0.480 e. The third-order valence-corrected chi connectivity index (χ3v) is 7.74. The molecule has 0 amide bonds. The van der Waals surface area contributed by atoms with Crippen molar-refractivity contribution in [3.63, 3.8) is 0 Å². The van der Waals surface area contributed by atoms with E-state index in [-0.39, 0.29) is 34.6 Å². The Labute approximate surface area is 167 Å². The maximum absolute atomic E-state index is 13.0. The van der Waals surface area contributed by atoms with Crippen LogP contribution in [0.2, 0.25) is 0 Å². The Bertz CT molecular complexity index is 805. The number of Topliss-reactive ketones (excluding diaryl/α,β-unsaturated/α-hetero) is 1. The predicted molar refractivity (Wildman–Crippen MR) is 108 cm³/mol. The van der Waals surface area contributed by atoms with E-state index >= 15 is 0 Å². The molecule has 1 fully saturated rings. The Kier molecular flexibility index (Phi) is 5.39. The van der Waals surface area contributed by atoms with Crippen molar-refractivity contribution in [1.82, 2.24) is 5.32 Å². The molecule has 0 bridgehead atoms. The van der Waals surface area contributed by atoms with Gasteiger partial charge in [-0.25, -0.2) is 0 Å². The fourth-order valence-corrected chi connectivity index (χ4v) is 5.71. The van der Waals surface area contributed by atoms with Crippen LogP contribution in [-0.4, -0.2) is 29.2 Å². The molecule has 28 heavy (non-hydrogen) atoms. The number of carboxylic acids is 1. The Morgan fingerprint density at radius 1 is 1.25 bits per heavy atom. The second-order valence-corrected chi connectivity index (χ2v) is 9.26. The molecule has 1 saturated carbocycles. The number of rotatable bonds is 5. The Morgan fingerprint density at radius 3 is 2.64 bits per heavy atom. The average Bonchev–Trinajstić information content (AvgIpc) is 2.62. The monoisotopic (exact) mass is 385 g/mol. The zero-order valence-electron chi connectivity index (χ0n) is 17.3. The fourth-order valence-electron chi connectivity index (χ4n) is 5.71. The van der Waals surface area contributed by atoms with E-state index in [1.807, 2.05) is 0 Å². The van der Waals surface area contributed by atoms with Gasteiger partial charge in [-0.3, -0.25) is 14.4 Å². The smallest absolute Gasteiger partial charge is 0.322 e. The Balaban J connectivity index is 1.88. The first kappa shape index (κ1) is 20.6. The minimum Gasteiger partial charge on any atom is -0.480 e. The first-order valence-corrected chi connectivity index (χ1v) is 10.2. The lowest BCUT2D eigenvalue weighted by molar-refractivity contribution is -0.135. The third-order valence-electron chi connectivity index (χ3n) is 7.74. The van der Waals surface area contributed by atoms with Gasteiger partial charge in [0.25, 0.3) is 0 Å². The minimum absolute atomic E-state index is 0.0838. The highest BCUT2D eigenvalue weighted by molar-refractivity contribution is 6.20. The molecule has 0 spiro atoms. The maximum atomic E-state index is 13.0. The van der Waals surface area contributed by atoms with Gasteiger partial charge in [-0.2, -0.15) is 0 Å². The molecule has 4 atom stereocenters. The van der Waals surface area contributed by atoms with Crippen molar-refractivity contribution < 1.29 is 19.5 Å². The third kappa shape index (κ3) is 3.47. The van der Waals surface area contributed by atoms with Gasteiger partial charge in [-0.05, 0) is 67.8 Å². The van der Waals surface area contributed by atoms with E-state index in [1.54, 1.807) is 0 Å². The number of carbonyl (C=O) groups is 3. The van der Waals surface area contributed by atoms with Gasteiger partial charge in [0.15, 0.2) is 5.78 Å². The second kappa shape index (κ2) is 7.34. The van der Waals surface area contributed by atoms with E-state index in [0.717, 1.165) is 25.7 Å². The van der Waals surface area contributed by atoms with Gasteiger partial charge in [0.1, 0.15) is 6.54 Å². The predicted octanol–water partition coefficient (Wildman–Crippen LogP) is 3.81. The molecule has 152 valence electrons. The van der Waals surface area contributed by atoms with Gasteiger partial charge in [0.2, 0.25) is 5.78 Å². The molecule has 0 heterocycles. The van der Waals surface area contributed by atoms with E-state index in [0.29, 0.717) is 23.8 Å². The molecule has 3 aliphatic carbocycles. The summed E-state index contributed by atoms with van der Waals surface area (Å²) in [5.74, 6) is -0.660. The fraction of sp³-hybridized carbons (Fsp3) is 0.609. The molecule has 0 saturated heterocycles. The van der Waals surface area contributed by atoms with Crippen molar-refractivity contribution in [3.05, 3.63) is 35.1 Å². The highest BCUT2D eigenvalue weighted by atomic mass is 16.4. The Hall–Kier alpha value is -2.17. The van der Waals surface area contributed by atoms with Crippen LogP contribution >= 0.6 is 0 Å². The van der Waals surface area contributed by atoms with Gasteiger partial charge >= 0.3 is 5.97 Å². The highest BCUT2D eigenvalue weighted by Gasteiger charge is 2.53. The van der Waals surface area contributed by atoms with E-state index in [9.17, 15) is 14.4 Å². The molecule has 5 nitrogen and oxygen atoms in total. The van der Waals surface area contributed by atoms with Crippen LogP contribution in [-0.2, 0) is 14.4 Å². The molecule has 0 aromatic rings. The molecular weight excluding hydrogens is 354 g/mol. The van der Waals surface area contributed by atoms with Crippen molar-refractivity contribution in [2.75, 3.05) is 6.54 Å². The molecule has 2 N–H and O–H groups in total. The number of aliphatic carboxylic acids is 1. The van der Waals surface area contributed by atoms with Crippen LogP contribution in [0.1, 0.15) is 59.8 Å². The summed E-state index contributed by atoms with van der Waals surface area (Å²) < 4.78 is 0. The molecular formula is C23H31NO4. The first-order chi connectivity index (χ1) is 13.1. The maximum Gasteiger partial charge on any atom is 0.322 e. The van der Waals surface area contributed by atoms with Crippen molar-refractivity contribution in [1.29, 1.82) is 0 Å². The number of ketones is 2. The summed E-state index contributed by atoms with van der Waals surface area (Å²) in [5, 5.41) is 11.5. The lowest BCUT2D eigenvalue weighted by Gasteiger charge is -2.58. The molecule has 5 heteroatoms. The molecule has 0 radical (unpaired) electrons. The van der Waals surface area contributed by atoms with Crippen LogP contribution in [0.15, 0.2) is 35.1 Å². The van der Waals surface area contributed by atoms with Crippen LogP contribution < -0.4 is 5.32 Å². The van der Waals surface area contributed by atoms with Gasteiger partial charge in [-0.15, -0.1) is 0 Å². The number of nitrogens with one attached hydrogen (secondary N) is 1. The molecule has 3 aliphatic rings. The number of hydrogen-bond acceptors (Lipinski definition) is 4. The van der Waals surface area contributed by atoms with Gasteiger partial charge in [0.05, 0.1) is 5.70 Å². The number of carbonyl (C=O) groups excluding carboxylic acids is 2. The van der Waals surface area contributed by atoms with Crippen LogP contribution in [0, 0.1) is 22.7 Å². The van der Waals surface area contributed by atoms with E-state index in [2.05, 4.69) is 39.1 Å². The lowest BCUT2D eigenvalue weighted by atomic mass is 9.46. The topological polar surface area (TPSA) is 83.5 Å². The zero-order valence-corrected chi connectivity index (χ0v) is 17.3. The van der Waals surface area contributed by atoms with Gasteiger partial charge in [-0.1, -0.05) is 32.4 Å². The van der Waals surface area contributed by atoms with Crippen LogP contribution in [0.25, 0.3) is 0 Å². The van der Waals surface area contributed by atoms with Crippen molar-refractivity contribution in [3.8, 4) is 0 Å². The zero-order chi connectivity index (χ0) is 20.7. The number of fused-ring (bicyclic) bond motifs is 1. The molecule has 0 unspecified atom stereocenters. The molecule has 3 rings (SSSR count). The van der Waals surface area contributed by atoms with Crippen LogP contribution in [0.4, 0.5) is 0 Å². The average molecular weight is 386 g/mol. The van der Waals surface area contributed by atoms with Crippen molar-refractivity contribution in [2.24, 2.45) is 22.7 Å². The van der Waals surface area contributed by atoms with E-state index < -0.39 is 5.97 Å². The summed E-state index contributed by atoms with van der Waals surface area (Å²) in [6.45, 7) is 8.75. The second-order valence-electron chi connectivity index (χ2n) is 9.26. The quantitative estimate of drug-likeness (QED) is 0.555.